The van der Waals surface area contributed by atoms with Gasteiger partial charge in [0, 0.05) is 11.8 Å². The van der Waals surface area contributed by atoms with E-state index in [1.165, 1.54) is 28.7 Å². The predicted molar refractivity (Wildman–Crippen MR) is 87.2 cm³/mol. The Morgan fingerprint density at radius 3 is 2.05 bits per heavy atom. The molecule has 0 spiro atoms. The van der Waals surface area contributed by atoms with E-state index in [1.54, 1.807) is 11.1 Å². The fraction of sp³-hybridized carbons (Fsp3) is 0.238. The van der Waals surface area contributed by atoms with Crippen molar-refractivity contribution in [1.82, 2.24) is 0 Å². The number of benzene rings is 2. The minimum Gasteiger partial charge on any atom is -0.0767 e. The third-order valence-corrected chi connectivity index (χ3v) is 5.56. The van der Waals surface area contributed by atoms with Gasteiger partial charge in [-0.1, -0.05) is 73.2 Å². The van der Waals surface area contributed by atoms with Gasteiger partial charge in [-0.3, -0.25) is 0 Å². The average molecular weight is 270 g/mol. The first-order chi connectivity index (χ1) is 10.3. The van der Waals surface area contributed by atoms with Gasteiger partial charge in [0.25, 0.3) is 0 Å². The lowest BCUT2D eigenvalue weighted by Crippen LogP contribution is -2.24. The van der Waals surface area contributed by atoms with Crippen LogP contribution in [0.4, 0.5) is 0 Å². The lowest BCUT2D eigenvalue weighted by molar-refractivity contribution is 0.364. The molecule has 102 valence electrons. The lowest BCUT2D eigenvalue weighted by atomic mass is 9.69. The minimum absolute atomic E-state index is 0.459. The molecule has 0 radical (unpaired) electrons. The molecule has 3 aliphatic carbocycles. The molecule has 0 amide bonds. The second kappa shape index (κ2) is 3.98. The highest BCUT2D eigenvalue weighted by atomic mass is 14.4. The van der Waals surface area contributed by atoms with Crippen LogP contribution in [0, 0.1) is 11.8 Å². The Morgan fingerprint density at radius 1 is 0.857 bits per heavy atom. The van der Waals surface area contributed by atoms with E-state index in [1.807, 2.05) is 0 Å². The SMILES string of the molecule is CC1CC2=C(C3c4ccccc4-c4ccccc43)C=CC21. The van der Waals surface area contributed by atoms with Crippen molar-refractivity contribution in [3.63, 3.8) is 0 Å². The Balaban J connectivity index is 1.75. The van der Waals surface area contributed by atoms with Crippen LogP contribution in [-0.4, -0.2) is 0 Å². The Hall–Kier alpha value is -2.08. The molecule has 21 heavy (non-hydrogen) atoms. The highest BCUT2D eigenvalue weighted by Gasteiger charge is 2.40. The van der Waals surface area contributed by atoms with Crippen molar-refractivity contribution in [1.29, 1.82) is 0 Å². The molecule has 2 aromatic carbocycles. The third-order valence-electron chi connectivity index (χ3n) is 5.56. The molecule has 0 bridgehead atoms. The first kappa shape index (κ1) is 11.6. The van der Waals surface area contributed by atoms with E-state index in [-0.39, 0.29) is 0 Å². The molecule has 2 aromatic rings. The zero-order valence-corrected chi connectivity index (χ0v) is 12.2. The second-order valence-corrected chi connectivity index (χ2v) is 6.65. The van der Waals surface area contributed by atoms with Gasteiger partial charge in [0.05, 0.1) is 0 Å². The molecule has 2 unspecified atom stereocenters. The van der Waals surface area contributed by atoms with Gasteiger partial charge < -0.3 is 0 Å². The van der Waals surface area contributed by atoms with E-state index in [0.29, 0.717) is 5.92 Å². The Bertz CT molecular complexity index is 761. The molecule has 0 heterocycles. The second-order valence-electron chi connectivity index (χ2n) is 6.65. The maximum atomic E-state index is 2.43. The van der Waals surface area contributed by atoms with Crippen molar-refractivity contribution in [2.75, 3.05) is 0 Å². The van der Waals surface area contributed by atoms with E-state index in [9.17, 15) is 0 Å². The summed E-state index contributed by atoms with van der Waals surface area (Å²) in [6, 6.07) is 17.9. The highest BCUT2D eigenvalue weighted by molar-refractivity contribution is 5.81. The Kier molecular flexibility index (Phi) is 2.19. The summed E-state index contributed by atoms with van der Waals surface area (Å²) in [6.45, 7) is 2.37. The normalized spacial score (nSPS) is 25.6. The minimum atomic E-state index is 0.459. The fourth-order valence-corrected chi connectivity index (χ4v) is 4.50. The summed E-state index contributed by atoms with van der Waals surface area (Å²) in [5.74, 6) is 2.02. The standard InChI is InChI=1S/C21H18/c1-13-12-20-14(13)10-11-19(20)21-17-8-4-2-6-15(17)16-7-3-5-9-18(16)21/h2-11,13-14,21H,12H2,1H3. The molecule has 0 saturated heterocycles. The molecular weight excluding hydrogens is 252 g/mol. The maximum Gasteiger partial charge on any atom is 0.0351 e. The van der Waals surface area contributed by atoms with Crippen LogP contribution in [0.15, 0.2) is 71.8 Å². The zero-order valence-electron chi connectivity index (χ0n) is 12.2. The van der Waals surface area contributed by atoms with Crippen molar-refractivity contribution in [2.45, 2.75) is 19.3 Å². The van der Waals surface area contributed by atoms with Crippen LogP contribution in [0.25, 0.3) is 11.1 Å². The van der Waals surface area contributed by atoms with Crippen LogP contribution >= 0.6 is 0 Å². The molecule has 5 rings (SSSR count). The smallest absolute Gasteiger partial charge is 0.0351 e. The monoisotopic (exact) mass is 270 g/mol. The third kappa shape index (κ3) is 1.40. The summed E-state index contributed by atoms with van der Waals surface area (Å²) in [6.07, 6.45) is 6.13. The van der Waals surface area contributed by atoms with E-state index in [2.05, 4.69) is 67.6 Å². The number of hydrogen-bond donors (Lipinski definition) is 0. The number of hydrogen-bond acceptors (Lipinski definition) is 0. The Labute approximate surface area is 125 Å². The first-order valence-corrected chi connectivity index (χ1v) is 7.94. The fourth-order valence-electron chi connectivity index (χ4n) is 4.50. The van der Waals surface area contributed by atoms with Gasteiger partial charge in [0.15, 0.2) is 0 Å². The maximum absolute atomic E-state index is 2.43. The van der Waals surface area contributed by atoms with Crippen molar-refractivity contribution < 1.29 is 0 Å². The van der Waals surface area contributed by atoms with Crippen LogP contribution in [0.3, 0.4) is 0 Å². The Morgan fingerprint density at radius 2 is 1.48 bits per heavy atom. The first-order valence-electron chi connectivity index (χ1n) is 7.94. The summed E-state index contributed by atoms with van der Waals surface area (Å²) in [4.78, 5) is 0. The van der Waals surface area contributed by atoms with Crippen molar-refractivity contribution >= 4 is 0 Å². The summed E-state index contributed by atoms with van der Waals surface area (Å²) < 4.78 is 0. The molecule has 1 fully saturated rings. The lowest BCUT2D eigenvalue weighted by Gasteiger charge is -2.35. The molecular formula is C21H18. The van der Waals surface area contributed by atoms with Gasteiger partial charge in [0.1, 0.15) is 0 Å². The quantitative estimate of drug-likeness (QED) is 0.657. The van der Waals surface area contributed by atoms with Crippen molar-refractivity contribution in [2.24, 2.45) is 11.8 Å². The summed E-state index contributed by atoms with van der Waals surface area (Å²) >= 11 is 0. The molecule has 0 nitrogen and oxygen atoms in total. The van der Waals surface area contributed by atoms with Crippen molar-refractivity contribution in [3.8, 4) is 11.1 Å². The number of rotatable bonds is 1. The van der Waals surface area contributed by atoms with Gasteiger partial charge in [-0.25, -0.2) is 0 Å². The molecule has 0 heteroatoms. The highest BCUT2D eigenvalue weighted by Crippen LogP contribution is 2.55. The van der Waals surface area contributed by atoms with Crippen molar-refractivity contribution in [3.05, 3.63) is 83.0 Å². The van der Waals surface area contributed by atoms with Gasteiger partial charge in [-0.15, -0.1) is 0 Å². The van der Waals surface area contributed by atoms with Crippen LogP contribution in [0.5, 0.6) is 0 Å². The topological polar surface area (TPSA) is 0 Å². The summed E-state index contributed by atoms with van der Waals surface area (Å²) in [7, 11) is 0. The van der Waals surface area contributed by atoms with E-state index < -0.39 is 0 Å². The van der Waals surface area contributed by atoms with E-state index >= 15 is 0 Å². The summed E-state index contributed by atoms with van der Waals surface area (Å²) in [5, 5.41) is 0. The van der Waals surface area contributed by atoms with Gasteiger partial charge in [-0.2, -0.15) is 0 Å². The largest absolute Gasteiger partial charge is 0.0767 e. The van der Waals surface area contributed by atoms with Crippen LogP contribution < -0.4 is 0 Å². The van der Waals surface area contributed by atoms with E-state index in [0.717, 1.165) is 11.8 Å². The van der Waals surface area contributed by atoms with Gasteiger partial charge in [0.2, 0.25) is 0 Å². The van der Waals surface area contributed by atoms with Gasteiger partial charge in [-0.05, 0) is 40.2 Å². The molecule has 0 aliphatic heterocycles. The molecule has 0 N–H and O–H groups in total. The molecule has 1 saturated carbocycles. The average Bonchev–Trinajstić information content (AvgIpc) is 3.02. The number of allylic oxidation sites excluding steroid dienone is 4. The molecule has 2 atom stereocenters. The van der Waals surface area contributed by atoms with Crippen LogP contribution in [0.1, 0.15) is 30.4 Å². The number of fused-ring (bicyclic) bond motifs is 4. The van der Waals surface area contributed by atoms with E-state index in [4.69, 9.17) is 0 Å². The summed E-state index contributed by atoms with van der Waals surface area (Å²) in [5.41, 5.74) is 9.11. The molecule has 0 aromatic heterocycles. The predicted octanol–water partition coefficient (Wildman–Crippen LogP) is 5.32. The van der Waals surface area contributed by atoms with Crippen LogP contribution in [-0.2, 0) is 0 Å². The van der Waals surface area contributed by atoms with Crippen LogP contribution in [0.2, 0.25) is 0 Å². The molecule has 3 aliphatic rings. The van der Waals surface area contributed by atoms with Gasteiger partial charge >= 0.3 is 0 Å². The zero-order chi connectivity index (χ0) is 14.0.